The summed E-state index contributed by atoms with van der Waals surface area (Å²) >= 11 is 0. The van der Waals surface area contributed by atoms with Gasteiger partial charge in [-0.05, 0) is 18.1 Å². The highest BCUT2D eigenvalue weighted by Crippen LogP contribution is 2.43. The lowest BCUT2D eigenvalue weighted by Gasteiger charge is -2.28. The van der Waals surface area contributed by atoms with Crippen molar-refractivity contribution in [3.63, 3.8) is 0 Å². The molecule has 6 heteroatoms. The van der Waals surface area contributed by atoms with Gasteiger partial charge >= 0.3 is 0 Å². The van der Waals surface area contributed by atoms with Gasteiger partial charge in [-0.1, -0.05) is 30.3 Å². The summed E-state index contributed by atoms with van der Waals surface area (Å²) in [6.45, 7) is 2.07. The molecule has 1 aromatic heterocycles. The van der Waals surface area contributed by atoms with Crippen molar-refractivity contribution in [1.29, 1.82) is 0 Å². The number of carbonyl (C=O) groups excluding carboxylic acids is 1. The molecule has 3 heterocycles. The normalized spacial score (nSPS) is 28.8. The van der Waals surface area contributed by atoms with Gasteiger partial charge in [0.05, 0.1) is 13.2 Å². The van der Waals surface area contributed by atoms with Crippen LogP contribution >= 0.6 is 0 Å². The summed E-state index contributed by atoms with van der Waals surface area (Å²) in [6.07, 6.45) is 4.26. The molecule has 2 aromatic rings. The van der Waals surface area contributed by atoms with Crippen LogP contribution in [0, 0.1) is 0 Å². The van der Waals surface area contributed by atoms with Crippen molar-refractivity contribution in [3.8, 4) is 0 Å². The summed E-state index contributed by atoms with van der Waals surface area (Å²) in [7, 11) is 1.70. The Bertz CT molecular complexity index is 719. The van der Waals surface area contributed by atoms with Crippen LogP contribution in [-0.4, -0.2) is 59.1 Å². The van der Waals surface area contributed by atoms with Crippen molar-refractivity contribution >= 4 is 5.91 Å². The third kappa shape index (κ3) is 3.07. The fourth-order valence-corrected chi connectivity index (χ4v) is 4.04. The topological polar surface area (TPSA) is 56.6 Å². The first-order valence-electron chi connectivity index (χ1n) is 8.67. The molecular weight excluding hydrogens is 318 g/mol. The summed E-state index contributed by atoms with van der Waals surface area (Å²) in [6, 6.07) is 12.2. The average molecular weight is 341 g/mol. The van der Waals surface area contributed by atoms with E-state index in [4.69, 9.17) is 9.47 Å². The summed E-state index contributed by atoms with van der Waals surface area (Å²) in [5.74, 6) is 0.398. The van der Waals surface area contributed by atoms with Crippen molar-refractivity contribution in [2.75, 3.05) is 26.8 Å². The molecule has 4 rings (SSSR count). The van der Waals surface area contributed by atoms with Crippen LogP contribution in [0.3, 0.4) is 0 Å². The molecular formula is C19H23N3O3. The number of benzene rings is 1. The van der Waals surface area contributed by atoms with Gasteiger partial charge in [-0.2, -0.15) is 5.10 Å². The average Bonchev–Trinajstić information content (AvgIpc) is 3.37. The molecule has 0 aliphatic carbocycles. The molecule has 2 fully saturated rings. The molecule has 0 radical (unpaired) electrons. The van der Waals surface area contributed by atoms with Crippen LogP contribution in [0.15, 0.2) is 48.8 Å². The number of amides is 1. The smallest absolute Gasteiger partial charge is 0.244 e. The predicted octanol–water partition coefficient (Wildman–Crippen LogP) is 1.68. The zero-order valence-electron chi connectivity index (χ0n) is 14.4. The number of hydrogen-bond donors (Lipinski definition) is 0. The SMILES string of the molecule is CO[C@@H]1CN(C(=O)Cn2cccn2)C[C@]12C[C@H](c1ccccc1)CO2. The maximum Gasteiger partial charge on any atom is 0.244 e. The Kier molecular flexibility index (Phi) is 4.31. The van der Waals surface area contributed by atoms with Crippen LogP contribution in [0.25, 0.3) is 0 Å². The highest BCUT2D eigenvalue weighted by Gasteiger charge is 2.54. The summed E-state index contributed by atoms with van der Waals surface area (Å²) in [4.78, 5) is 14.5. The van der Waals surface area contributed by atoms with Crippen LogP contribution in [-0.2, 0) is 20.8 Å². The van der Waals surface area contributed by atoms with E-state index in [9.17, 15) is 4.79 Å². The molecule has 3 atom stereocenters. The molecule has 1 spiro atoms. The third-order valence-corrected chi connectivity index (χ3v) is 5.36. The molecule has 0 bridgehead atoms. The van der Waals surface area contributed by atoms with Gasteiger partial charge in [-0.15, -0.1) is 0 Å². The minimum Gasteiger partial charge on any atom is -0.377 e. The Balaban J connectivity index is 1.47. The molecule has 132 valence electrons. The highest BCUT2D eigenvalue weighted by atomic mass is 16.6. The number of hydrogen-bond acceptors (Lipinski definition) is 4. The summed E-state index contributed by atoms with van der Waals surface area (Å²) in [5.41, 5.74) is 0.880. The van der Waals surface area contributed by atoms with E-state index in [1.54, 1.807) is 24.2 Å². The van der Waals surface area contributed by atoms with E-state index in [1.807, 2.05) is 17.0 Å². The maximum atomic E-state index is 12.6. The Morgan fingerprint density at radius 1 is 1.36 bits per heavy atom. The third-order valence-electron chi connectivity index (χ3n) is 5.36. The minimum atomic E-state index is -0.408. The van der Waals surface area contributed by atoms with Crippen molar-refractivity contribution in [2.24, 2.45) is 0 Å². The molecule has 2 saturated heterocycles. The van der Waals surface area contributed by atoms with Crippen molar-refractivity contribution in [2.45, 2.75) is 30.6 Å². The Morgan fingerprint density at radius 2 is 2.20 bits per heavy atom. The van der Waals surface area contributed by atoms with Crippen molar-refractivity contribution < 1.29 is 14.3 Å². The number of aromatic nitrogens is 2. The van der Waals surface area contributed by atoms with Crippen LogP contribution in [0.1, 0.15) is 17.9 Å². The van der Waals surface area contributed by atoms with E-state index in [0.29, 0.717) is 25.6 Å². The number of carbonyl (C=O) groups is 1. The summed E-state index contributed by atoms with van der Waals surface area (Å²) < 4.78 is 13.6. The van der Waals surface area contributed by atoms with Crippen LogP contribution in [0.4, 0.5) is 0 Å². The molecule has 2 aliphatic heterocycles. The maximum absolute atomic E-state index is 12.6. The standard InChI is InChI=1S/C19H23N3O3/c1-24-17-11-21(18(23)12-22-9-5-8-20-22)14-19(17)10-16(13-25-19)15-6-3-2-4-7-15/h2-9,16-17H,10-14H2,1H3/t16-,17+,19+/m0/s1. The van der Waals surface area contributed by atoms with Gasteiger partial charge in [-0.3, -0.25) is 9.48 Å². The number of likely N-dealkylation sites (tertiary alicyclic amines) is 1. The lowest BCUT2D eigenvalue weighted by Crippen LogP contribution is -2.42. The second kappa shape index (κ2) is 6.61. The van der Waals surface area contributed by atoms with Gasteiger partial charge in [0.2, 0.25) is 5.91 Å². The molecule has 2 aliphatic rings. The number of methoxy groups -OCH3 is 1. The van der Waals surface area contributed by atoms with Crippen LogP contribution < -0.4 is 0 Å². The zero-order chi connectivity index (χ0) is 17.3. The first-order valence-corrected chi connectivity index (χ1v) is 8.67. The van der Waals surface area contributed by atoms with Gasteiger partial charge in [-0.25, -0.2) is 0 Å². The quantitative estimate of drug-likeness (QED) is 0.849. The van der Waals surface area contributed by atoms with E-state index < -0.39 is 5.60 Å². The van der Waals surface area contributed by atoms with Gasteiger partial charge in [0, 0.05) is 32.0 Å². The Labute approximate surface area is 147 Å². The predicted molar refractivity (Wildman–Crippen MR) is 92.1 cm³/mol. The van der Waals surface area contributed by atoms with Crippen LogP contribution in [0.5, 0.6) is 0 Å². The van der Waals surface area contributed by atoms with E-state index in [1.165, 1.54) is 5.56 Å². The fraction of sp³-hybridized carbons (Fsp3) is 0.474. The highest BCUT2D eigenvalue weighted by molar-refractivity contribution is 5.76. The molecule has 1 aromatic carbocycles. The minimum absolute atomic E-state index is 0.0504. The number of ether oxygens (including phenoxy) is 2. The van der Waals surface area contributed by atoms with E-state index in [0.717, 1.165) is 6.42 Å². The Morgan fingerprint density at radius 3 is 2.92 bits per heavy atom. The fourth-order valence-electron chi connectivity index (χ4n) is 4.04. The van der Waals surface area contributed by atoms with E-state index in [-0.39, 0.29) is 18.6 Å². The van der Waals surface area contributed by atoms with Gasteiger partial charge in [0.25, 0.3) is 0 Å². The molecule has 1 amide bonds. The first kappa shape index (κ1) is 16.3. The monoisotopic (exact) mass is 341 g/mol. The molecule has 0 unspecified atom stereocenters. The van der Waals surface area contributed by atoms with Gasteiger partial charge in [0.1, 0.15) is 18.2 Å². The lowest BCUT2D eigenvalue weighted by molar-refractivity contribution is -0.132. The molecule has 0 saturated carbocycles. The largest absolute Gasteiger partial charge is 0.377 e. The van der Waals surface area contributed by atoms with Gasteiger partial charge in [0.15, 0.2) is 0 Å². The second-order valence-electron chi connectivity index (χ2n) is 6.89. The number of rotatable bonds is 4. The first-order chi connectivity index (χ1) is 12.2. The molecule has 6 nitrogen and oxygen atoms in total. The van der Waals surface area contributed by atoms with Crippen molar-refractivity contribution in [1.82, 2.24) is 14.7 Å². The zero-order valence-corrected chi connectivity index (χ0v) is 14.4. The van der Waals surface area contributed by atoms with E-state index in [2.05, 4.69) is 29.4 Å². The molecule has 25 heavy (non-hydrogen) atoms. The second-order valence-corrected chi connectivity index (χ2v) is 6.89. The molecule has 0 N–H and O–H groups in total. The van der Waals surface area contributed by atoms with Gasteiger partial charge < -0.3 is 14.4 Å². The number of nitrogens with zero attached hydrogens (tertiary/aromatic N) is 3. The Hall–Kier alpha value is -2.18. The van der Waals surface area contributed by atoms with E-state index >= 15 is 0 Å². The lowest BCUT2D eigenvalue weighted by atomic mass is 9.87. The van der Waals surface area contributed by atoms with Crippen molar-refractivity contribution in [3.05, 3.63) is 54.4 Å². The summed E-state index contributed by atoms with van der Waals surface area (Å²) in [5, 5.41) is 4.11. The van der Waals surface area contributed by atoms with Crippen LogP contribution in [0.2, 0.25) is 0 Å².